The predicted octanol–water partition coefficient (Wildman–Crippen LogP) is 4.24. The molecule has 0 aliphatic carbocycles. The highest BCUT2D eigenvalue weighted by molar-refractivity contribution is 5.96. The van der Waals surface area contributed by atoms with Crippen LogP contribution in [0.15, 0.2) is 60.4 Å². The van der Waals surface area contributed by atoms with Crippen LogP contribution in [0.1, 0.15) is 78.7 Å². The van der Waals surface area contributed by atoms with Gasteiger partial charge in [0.2, 0.25) is 0 Å². The Hall–Kier alpha value is -1.97. The van der Waals surface area contributed by atoms with Gasteiger partial charge in [-0.25, -0.2) is 0 Å². The van der Waals surface area contributed by atoms with Crippen LogP contribution >= 0.6 is 0 Å². The second kappa shape index (κ2) is 8.41. The number of piperidine rings is 1. The van der Waals surface area contributed by atoms with Crippen molar-refractivity contribution in [2.45, 2.75) is 50.1 Å². The number of aliphatic hydroxyl groups excluding tert-OH is 1. The fourth-order valence-corrected chi connectivity index (χ4v) is 2.20. The number of rotatable bonds is 6. The fraction of sp³-hybridized carbons (Fsp3) is 0.409. The van der Waals surface area contributed by atoms with Crippen LogP contribution in [0.4, 0.5) is 0 Å². The molecule has 0 spiro atoms. The van der Waals surface area contributed by atoms with Crippen LogP contribution in [0.3, 0.4) is 0 Å². The number of hydrogen-bond donors (Lipinski definition) is 1. The van der Waals surface area contributed by atoms with Crippen molar-refractivity contribution in [2.24, 2.45) is 0 Å². The molecule has 0 bridgehead atoms. The number of carbonyl (C=O) groups excluding carboxylic acids is 1. The molecule has 3 nitrogen and oxygen atoms in total. The summed E-state index contributed by atoms with van der Waals surface area (Å²) >= 11 is 0. The Morgan fingerprint density at radius 3 is 2.48 bits per heavy atom. The number of nitrogens with zero attached hydrogens (tertiary/aromatic N) is 1. The summed E-state index contributed by atoms with van der Waals surface area (Å²) in [5, 5.41) is 11.0. The molecular weight excluding hydrogens is 310 g/mol. The molecule has 25 heavy (non-hydrogen) atoms. The van der Waals surface area contributed by atoms with Crippen molar-refractivity contribution in [1.29, 1.82) is 0 Å². The minimum absolute atomic E-state index is 0.340. The van der Waals surface area contributed by atoms with Crippen LogP contribution in [0, 0.1) is 0 Å². The number of benzene rings is 2. The van der Waals surface area contributed by atoms with Gasteiger partial charge in [-0.05, 0) is 31.8 Å². The SMILES string of the molecule is [2H]c1c([2H])c([2H])c(C(=O)C[C@]2([2H])N(C)[C@]([2H])(C[C@@H](O)c3c([2H])c([2H])c([2H])c([2H])c3[2H])C([2H])([2H])C([2H])([2H])C2([2H])[2H])c([2H])c1[2H]. The topological polar surface area (TPSA) is 40.5 Å². The first kappa shape index (κ1) is 6.04. The van der Waals surface area contributed by atoms with Crippen LogP contribution in [-0.2, 0) is 0 Å². The summed E-state index contributed by atoms with van der Waals surface area (Å²) in [6, 6.07) is -15.3. The minimum Gasteiger partial charge on any atom is -0.388 e. The summed E-state index contributed by atoms with van der Waals surface area (Å²) in [6.45, 7) is 0. The highest BCUT2D eigenvalue weighted by atomic mass is 16.3. The number of hydrogen-bond acceptors (Lipinski definition) is 3. The van der Waals surface area contributed by atoms with Crippen LogP contribution in [-0.4, -0.2) is 34.9 Å². The van der Waals surface area contributed by atoms with Gasteiger partial charge in [0.25, 0.3) is 0 Å². The Morgan fingerprint density at radius 1 is 1.20 bits per heavy atom. The first-order valence-electron chi connectivity index (χ1n) is 16.4. The molecule has 2 aromatic carbocycles. The number of Topliss-reactive ketones (excluding diaryl/α,β-unsaturated/α-hetero) is 1. The van der Waals surface area contributed by atoms with E-state index in [4.69, 9.17) is 24.7 Å². The maximum Gasteiger partial charge on any atom is 0.164 e. The van der Waals surface area contributed by atoms with E-state index in [1.54, 1.807) is 0 Å². The van der Waals surface area contributed by atoms with Crippen molar-refractivity contribution in [3.8, 4) is 0 Å². The quantitative estimate of drug-likeness (QED) is 0.788. The summed E-state index contributed by atoms with van der Waals surface area (Å²) < 4.78 is 148. The van der Waals surface area contributed by atoms with E-state index in [0.29, 0.717) is 4.90 Å². The van der Waals surface area contributed by atoms with Crippen molar-refractivity contribution >= 4 is 5.78 Å². The Kier molecular flexibility index (Phi) is 2.03. The molecule has 3 heteroatoms. The van der Waals surface area contributed by atoms with Gasteiger partial charge in [-0.1, -0.05) is 66.8 Å². The minimum atomic E-state index is -3.77. The Morgan fingerprint density at radius 2 is 1.80 bits per heavy atom. The van der Waals surface area contributed by atoms with Crippen molar-refractivity contribution in [3.05, 3.63) is 71.6 Å². The zero-order valence-electron chi connectivity index (χ0n) is 31.3. The van der Waals surface area contributed by atoms with E-state index in [1.807, 2.05) is 0 Å². The highest BCUT2D eigenvalue weighted by Gasteiger charge is 2.30. The summed E-state index contributed by atoms with van der Waals surface area (Å²) in [6.07, 6.45) is -16.0. The molecule has 1 aliphatic rings. The smallest absolute Gasteiger partial charge is 0.164 e. The molecule has 1 saturated heterocycles. The van der Waals surface area contributed by atoms with Crippen LogP contribution in [0.2, 0.25) is 0 Å². The van der Waals surface area contributed by atoms with E-state index in [0.717, 1.165) is 7.05 Å². The number of carbonyl (C=O) groups is 1. The van der Waals surface area contributed by atoms with Crippen LogP contribution in [0.25, 0.3) is 0 Å². The zero-order valence-corrected chi connectivity index (χ0v) is 13.3. The highest BCUT2D eigenvalue weighted by Crippen LogP contribution is 2.30. The van der Waals surface area contributed by atoms with Crippen molar-refractivity contribution in [1.82, 2.24) is 4.90 Å². The molecule has 0 unspecified atom stereocenters. The molecule has 0 aromatic heterocycles. The Labute approximate surface area is 175 Å². The molecule has 1 heterocycles. The lowest BCUT2D eigenvalue weighted by molar-refractivity contribution is 0.0549. The first-order chi connectivity index (χ1) is 19.3. The van der Waals surface area contributed by atoms with Gasteiger partial charge < -0.3 is 5.11 Å². The maximum absolute atomic E-state index is 13.4. The van der Waals surface area contributed by atoms with E-state index in [1.165, 1.54) is 0 Å². The molecule has 2 aromatic rings. The van der Waals surface area contributed by atoms with Crippen LogP contribution < -0.4 is 0 Å². The van der Waals surface area contributed by atoms with Crippen LogP contribution in [0.5, 0.6) is 0 Å². The number of likely N-dealkylation sites (tertiary alicyclic amines) is 1. The van der Waals surface area contributed by atoms with E-state index < -0.39 is 127 Å². The van der Waals surface area contributed by atoms with Crippen molar-refractivity contribution in [3.63, 3.8) is 0 Å². The van der Waals surface area contributed by atoms with Gasteiger partial charge in [0.15, 0.2) is 5.78 Å². The maximum atomic E-state index is 13.4. The fourth-order valence-electron chi connectivity index (χ4n) is 2.20. The third-order valence-electron chi connectivity index (χ3n) is 3.57. The van der Waals surface area contributed by atoms with Gasteiger partial charge in [0, 0.05) is 35.0 Å². The van der Waals surface area contributed by atoms with Gasteiger partial charge in [0.1, 0.15) is 0 Å². The van der Waals surface area contributed by atoms with Gasteiger partial charge in [-0.15, -0.1) is 0 Å². The average Bonchev–Trinajstić information content (AvgIpc) is 2.91. The largest absolute Gasteiger partial charge is 0.388 e. The predicted molar refractivity (Wildman–Crippen MR) is 101 cm³/mol. The Bertz CT molecular complexity index is 1450. The molecule has 3 atom stereocenters. The molecule has 0 saturated carbocycles. The second-order valence-electron chi connectivity index (χ2n) is 5.19. The molecular formula is C22H27NO2. The third-order valence-corrected chi connectivity index (χ3v) is 3.57. The Balaban J connectivity index is 2.23. The average molecular weight is 356 g/mol. The van der Waals surface area contributed by atoms with Gasteiger partial charge in [-0.2, -0.15) is 0 Å². The number of ketones is 1. The lowest BCUT2D eigenvalue weighted by atomic mass is 9.88. The molecule has 3 rings (SSSR count). The van der Waals surface area contributed by atoms with Gasteiger partial charge in [0.05, 0.1) is 19.8 Å². The number of aliphatic hydroxyl groups is 1. The summed E-state index contributed by atoms with van der Waals surface area (Å²) in [5.41, 5.74) is -1.70. The molecule has 0 amide bonds. The monoisotopic (exact) mass is 355 g/mol. The van der Waals surface area contributed by atoms with Crippen molar-refractivity contribution < 1.29 is 34.6 Å². The standard InChI is InChI=1S/C22H27NO2/c1-23-19(15-21(24)17-9-4-2-5-10-17)13-8-14-20(23)16-22(25)18-11-6-3-7-12-18/h2-7,9-12,19-21,24H,8,13-16H2,1H3/t19-,20+,21+/m0/s1/i2D,3D,4D,5D,6D,7D,8D2,9D,10D,11D,12D,13D2,14D2,19D,20D. The third kappa shape index (κ3) is 4.56. The first-order valence-corrected chi connectivity index (χ1v) is 7.36. The van der Waals surface area contributed by atoms with Crippen molar-refractivity contribution in [2.75, 3.05) is 7.05 Å². The molecule has 132 valence electrons. The summed E-state index contributed by atoms with van der Waals surface area (Å²) in [5.74, 6) is -1.41. The van der Waals surface area contributed by atoms with E-state index in [-0.39, 0.29) is 0 Å². The molecule has 0 radical (unpaired) electrons. The van der Waals surface area contributed by atoms with E-state index >= 15 is 0 Å². The van der Waals surface area contributed by atoms with Gasteiger partial charge in [-0.3, -0.25) is 9.69 Å². The van der Waals surface area contributed by atoms with E-state index in [9.17, 15) is 9.90 Å². The van der Waals surface area contributed by atoms with Gasteiger partial charge >= 0.3 is 0 Å². The summed E-state index contributed by atoms with van der Waals surface area (Å²) in [4.78, 5) is 13.8. The summed E-state index contributed by atoms with van der Waals surface area (Å²) in [7, 11) is 0.800. The molecule has 1 aliphatic heterocycles. The lowest BCUT2D eigenvalue weighted by Gasteiger charge is -2.40. The molecule has 1 N–H and O–H groups in total. The molecule has 1 fully saturated rings. The second-order valence-corrected chi connectivity index (χ2v) is 5.19. The lowest BCUT2D eigenvalue weighted by Crippen LogP contribution is -2.45. The van der Waals surface area contributed by atoms with E-state index in [2.05, 4.69) is 0 Å². The normalized spacial score (nSPS) is 44.7. The zero-order chi connectivity index (χ0) is 33.6.